The van der Waals surface area contributed by atoms with Crippen molar-refractivity contribution in [3.8, 4) is 0 Å². The summed E-state index contributed by atoms with van der Waals surface area (Å²) >= 11 is 0. The first-order valence-corrected chi connectivity index (χ1v) is 7.54. The minimum atomic E-state index is -2.48. The number of benzene rings is 2. The van der Waals surface area contributed by atoms with E-state index >= 15 is 0 Å². The molecule has 0 aromatic heterocycles. The van der Waals surface area contributed by atoms with E-state index in [9.17, 15) is 40.3 Å². The monoisotopic (exact) mass is 395 g/mol. The predicted octanol–water partition coefficient (Wildman–Crippen LogP) is 4.51. The van der Waals surface area contributed by atoms with Gasteiger partial charge in [0.05, 0.1) is 10.8 Å². The van der Waals surface area contributed by atoms with Crippen LogP contribution in [-0.4, -0.2) is 11.8 Å². The van der Waals surface area contributed by atoms with Gasteiger partial charge in [-0.3, -0.25) is 14.9 Å². The number of hydrogen-bond acceptors (Lipinski definition) is 2. The van der Waals surface area contributed by atoms with Crippen molar-refractivity contribution in [3.63, 3.8) is 0 Å². The maximum absolute atomic E-state index is 14.5. The van der Waals surface area contributed by atoms with E-state index in [1.54, 1.807) is 12.2 Å². The fraction of sp³-hybridized carbons (Fsp3) is 0.294. The van der Waals surface area contributed by atoms with Crippen LogP contribution in [0.2, 0.25) is 0 Å². The van der Waals surface area contributed by atoms with Crippen molar-refractivity contribution < 1.29 is 40.3 Å². The van der Waals surface area contributed by atoms with Gasteiger partial charge in [-0.25, -0.2) is 30.7 Å². The van der Waals surface area contributed by atoms with E-state index in [0.717, 1.165) is 0 Å². The van der Waals surface area contributed by atoms with Crippen LogP contribution in [0.25, 0.3) is 10.8 Å². The zero-order valence-corrected chi connectivity index (χ0v) is 14.2. The van der Waals surface area contributed by atoms with Gasteiger partial charge in [0.15, 0.2) is 34.9 Å². The molecule has 10 heteroatoms. The molecule has 2 aromatic carbocycles. The van der Waals surface area contributed by atoms with Gasteiger partial charge in [0.25, 0.3) is 5.91 Å². The van der Waals surface area contributed by atoms with Crippen LogP contribution >= 0.6 is 0 Å². The number of hydrogen-bond donors (Lipinski definition) is 1. The third-order valence-electron chi connectivity index (χ3n) is 4.29. The molecule has 3 nitrogen and oxygen atoms in total. The number of fused-ring (bicyclic) bond motifs is 1. The fourth-order valence-electron chi connectivity index (χ4n) is 2.18. The Morgan fingerprint density at radius 2 is 1.15 bits per heavy atom. The van der Waals surface area contributed by atoms with Crippen molar-refractivity contribution in [3.05, 3.63) is 46.3 Å². The summed E-state index contributed by atoms with van der Waals surface area (Å²) < 4.78 is 96.8. The lowest BCUT2D eigenvalue weighted by Gasteiger charge is -2.21. The molecule has 0 radical (unpaired) electrons. The first-order valence-electron chi connectivity index (χ1n) is 7.54. The lowest BCUT2D eigenvalue weighted by molar-refractivity contribution is -0.128. The van der Waals surface area contributed by atoms with Crippen LogP contribution in [0, 0.1) is 46.1 Å². The van der Waals surface area contributed by atoms with Gasteiger partial charge in [-0.2, -0.15) is 0 Å². The molecule has 2 amide bonds. The number of imide groups is 1. The Morgan fingerprint density at radius 1 is 0.741 bits per heavy atom. The summed E-state index contributed by atoms with van der Waals surface area (Å²) in [6, 6.07) is 0. The highest BCUT2D eigenvalue weighted by Gasteiger charge is 2.34. The van der Waals surface area contributed by atoms with Crippen molar-refractivity contribution in [1.29, 1.82) is 0 Å². The molecule has 0 unspecified atom stereocenters. The molecular weight excluding hydrogens is 383 g/mol. The molecule has 2 aromatic rings. The van der Waals surface area contributed by atoms with E-state index in [1.807, 2.05) is 0 Å². The summed E-state index contributed by atoms with van der Waals surface area (Å²) in [5.74, 6) is -19.2. The Labute approximate surface area is 148 Å². The van der Waals surface area contributed by atoms with Gasteiger partial charge >= 0.3 is 0 Å². The number of carbonyl (C=O) groups is 2. The summed E-state index contributed by atoms with van der Waals surface area (Å²) in [6.45, 7) is 4.38. The van der Waals surface area contributed by atoms with Crippen molar-refractivity contribution in [2.75, 3.05) is 0 Å². The smallest absolute Gasteiger partial charge is 0.263 e. The maximum Gasteiger partial charge on any atom is 0.263 e. The lowest BCUT2D eigenvalue weighted by Crippen LogP contribution is -2.41. The zero-order chi connectivity index (χ0) is 20.8. The second-order valence-corrected chi connectivity index (χ2v) is 6.34. The van der Waals surface area contributed by atoms with Crippen LogP contribution in [0.5, 0.6) is 0 Å². The highest BCUT2D eigenvalue weighted by molar-refractivity contribution is 6.08. The molecule has 0 bridgehead atoms. The number of nitrogens with one attached hydrogen (secondary N) is 1. The molecule has 0 saturated heterocycles. The molecule has 1 N–H and O–H groups in total. The van der Waals surface area contributed by atoms with E-state index in [1.165, 1.54) is 13.8 Å². The normalized spacial score (nSPS) is 11.8. The summed E-state index contributed by atoms with van der Waals surface area (Å²) in [7, 11) is 0. The van der Waals surface area contributed by atoms with E-state index < -0.39 is 74.3 Å². The average Bonchev–Trinajstić information content (AvgIpc) is 2.60. The van der Waals surface area contributed by atoms with E-state index in [2.05, 4.69) is 0 Å². The highest BCUT2D eigenvalue weighted by atomic mass is 19.2. The number of rotatable bonds is 3. The van der Waals surface area contributed by atoms with Gasteiger partial charge in [-0.1, -0.05) is 20.8 Å². The molecule has 0 saturated carbocycles. The van der Waals surface area contributed by atoms with Gasteiger partial charge in [0.2, 0.25) is 5.91 Å². The highest BCUT2D eigenvalue weighted by Crippen LogP contribution is 2.34. The van der Waals surface area contributed by atoms with Crippen LogP contribution in [0.4, 0.5) is 30.7 Å². The molecule has 0 heterocycles. The summed E-state index contributed by atoms with van der Waals surface area (Å²) in [6.07, 6.45) is 0.216. The molecule has 146 valence electrons. The second kappa shape index (κ2) is 6.82. The van der Waals surface area contributed by atoms with Gasteiger partial charge in [0, 0.05) is 5.41 Å². The SMILES string of the molecule is CCC(C)(C)C(=O)NC(=O)c1c(F)c(F)c2c(F)c(F)c(F)c(F)c2c1F. The van der Waals surface area contributed by atoms with Gasteiger partial charge in [-0.05, 0) is 6.42 Å². The van der Waals surface area contributed by atoms with Crippen molar-refractivity contribution in [2.45, 2.75) is 27.2 Å². The first kappa shape index (κ1) is 20.7. The number of amides is 2. The zero-order valence-electron chi connectivity index (χ0n) is 14.2. The Hall–Kier alpha value is -2.65. The van der Waals surface area contributed by atoms with E-state index in [-0.39, 0.29) is 6.42 Å². The van der Waals surface area contributed by atoms with Crippen LogP contribution in [0.15, 0.2) is 0 Å². The summed E-state index contributed by atoms with van der Waals surface area (Å²) in [5.41, 5.74) is -2.92. The molecule has 27 heavy (non-hydrogen) atoms. The topological polar surface area (TPSA) is 46.2 Å². The summed E-state index contributed by atoms with van der Waals surface area (Å²) in [4.78, 5) is 24.0. The molecule has 2 rings (SSSR count). The number of halogens is 7. The Kier molecular flexibility index (Phi) is 5.22. The van der Waals surface area contributed by atoms with E-state index in [4.69, 9.17) is 0 Å². The molecule has 0 atom stereocenters. The van der Waals surface area contributed by atoms with Gasteiger partial charge in [0.1, 0.15) is 11.4 Å². The summed E-state index contributed by atoms with van der Waals surface area (Å²) in [5, 5.41) is -2.02. The standard InChI is InChI=1S/C17H12F7NO2/c1-4-17(2,3)16(27)25-15(26)7-8(18)5-6(9(19)12(7)22)11(21)14(24)13(23)10(5)20/h4H2,1-3H3,(H,25,26,27). The fourth-order valence-corrected chi connectivity index (χ4v) is 2.18. The lowest BCUT2D eigenvalue weighted by atomic mass is 9.89. The Morgan fingerprint density at radius 3 is 1.59 bits per heavy atom. The Balaban J connectivity index is 2.77. The average molecular weight is 395 g/mol. The van der Waals surface area contributed by atoms with Crippen molar-refractivity contribution in [1.82, 2.24) is 5.32 Å². The van der Waals surface area contributed by atoms with E-state index in [0.29, 0.717) is 0 Å². The maximum atomic E-state index is 14.5. The van der Waals surface area contributed by atoms with Crippen LogP contribution in [-0.2, 0) is 4.79 Å². The third kappa shape index (κ3) is 3.13. The van der Waals surface area contributed by atoms with Crippen LogP contribution in [0.3, 0.4) is 0 Å². The quantitative estimate of drug-likeness (QED) is 0.472. The largest absolute Gasteiger partial charge is 0.292 e. The second-order valence-electron chi connectivity index (χ2n) is 6.34. The molecule has 0 aliphatic heterocycles. The molecular formula is C17H12F7NO2. The predicted molar refractivity (Wildman–Crippen MR) is 80.2 cm³/mol. The number of carbonyl (C=O) groups excluding carboxylic acids is 2. The van der Waals surface area contributed by atoms with Crippen LogP contribution < -0.4 is 5.32 Å². The molecule has 0 spiro atoms. The molecule has 0 aliphatic carbocycles. The van der Waals surface area contributed by atoms with Gasteiger partial charge < -0.3 is 0 Å². The van der Waals surface area contributed by atoms with Crippen LogP contribution in [0.1, 0.15) is 37.6 Å². The molecule has 0 fully saturated rings. The van der Waals surface area contributed by atoms with Gasteiger partial charge in [-0.15, -0.1) is 0 Å². The van der Waals surface area contributed by atoms with Crippen molar-refractivity contribution in [2.24, 2.45) is 5.41 Å². The minimum Gasteiger partial charge on any atom is -0.292 e. The molecule has 0 aliphatic rings. The third-order valence-corrected chi connectivity index (χ3v) is 4.29. The van der Waals surface area contributed by atoms with Crippen molar-refractivity contribution >= 4 is 22.6 Å². The minimum absolute atomic E-state index is 0.216. The Bertz CT molecular complexity index is 986. The first-order chi connectivity index (χ1) is 12.4.